The lowest BCUT2D eigenvalue weighted by atomic mass is 10.2. The summed E-state index contributed by atoms with van der Waals surface area (Å²) < 4.78 is 44.3. The van der Waals surface area contributed by atoms with Gasteiger partial charge in [0.05, 0.1) is 26.9 Å². The number of nitrogens with zero attached hydrogens (tertiary/aromatic N) is 2. The highest BCUT2D eigenvalue weighted by Gasteiger charge is 2.30. The van der Waals surface area contributed by atoms with Gasteiger partial charge in [0.25, 0.3) is 0 Å². The van der Waals surface area contributed by atoms with Gasteiger partial charge < -0.3 is 4.42 Å². The fourth-order valence-corrected chi connectivity index (χ4v) is 4.21. The van der Waals surface area contributed by atoms with Gasteiger partial charge >= 0.3 is 17.6 Å². The van der Waals surface area contributed by atoms with E-state index in [0.29, 0.717) is 15.4 Å². The summed E-state index contributed by atoms with van der Waals surface area (Å²) >= 11 is 13.2. The summed E-state index contributed by atoms with van der Waals surface area (Å²) in [6.07, 6.45) is -4.49. The summed E-state index contributed by atoms with van der Waals surface area (Å²) in [5, 5.41) is 0.226. The van der Waals surface area contributed by atoms with Crippen molar-refractivity contribution in [1.82, 2.24) is 9.55 Å². The van der Waals surface area contributed by atoms with Gasteiger partial charge in [-0.25, -0.2) is 9.59 Å². The number of rotatable bonds is 4. The first-order valence-electron chi connectivity index (χ1n) is 9.17. The quantitative estimate of drug-likeness (QED) is 0.321. The van der Waals surface area contributed by atoms with Gasteiger partial charge in [0.2, 0.25) is 5.89 Å². The molecule has 5 nitrogen and oxygen atoms in total. The SMILES string of the molecule is O=c1nc(-c2ccccc2Cl)oc(=O)n1-c1ccc(Sc2ccc(C(F)(F)F)cc2Cl)cc1. The second-order valence-corrected chi connectivity index (χ2v) is 8.55. The van der Waals surface area contributed by atoms with Gasteiger partial charge in [-0.1, -0.05) is 47.1 Å². The Balaban J connectivity index is 1.61. The maximum Gasteiger partial charge on any atom is 0.429 e. The fourth-order valence-electron chi connectivity index (χ4n) is 2.88. The first kappa shape index (κ1) is 23.2. The van der Waals surface area contributed by atoms with Gasteiger partial charge in [-0.3, -0.25) is 0 Å². The van der Waals surface area contributed by atoms with E-state index in [4.69, 9.17) is 27.6 Å². The number of alkyl halides is 3. The van der Waals surface area contributed by atoms with Crippen LogP contribution in [0.5, 0.6) is 0 Å². The molecule has 0 atom stereocenters. The topological polar surface area (TPSA) is 65.1 Å². The normalized spacial score (nSPS) is 11.5. The molecule has 0 spiro atoms. The molecule has 33 heavy (non-hydrogen) atoms. The Bertz CT molecular complexity index is 1420. The Morgan fingerprint density at radius 2 is 1.61 bits per heavy atom. The summed E-state index contributed by atoms with van der Waals surface area (Å²) in [4.78, 5) is 29.8. The van der Waals surface area contributed by atoms with Crippen LogP contribution in [0, 0.1) is 0 Å². The molecule has 3 aromatic carbocycles. The molecule has 0 aliphatic carbocycles. The average molecular weight is 511 g/mol. The lowest BCUT2D eigenvalue weighted by Crippen LogP contribution is -2.33. The maximum atomic E-state index is 12.8. The Morgan fingerprint density at radius 3 is 2.21 bits per heavy atom. The first-order valence-corrected chi connectivity index (χ1v) is 10.7. The smallest absolute Gasteiger partial charge is 0.390 e. The Hall–Kier alpha value is -3.01. The van der Waals surface area contributed by atoms with E-state index in [1.165, 1.54) is 18.2 Å². The van der Waals surface area contributed by atoms with Gasteiger partial charge in [-0.2, -0.15) is 22.7 Å². The molecule has 4 aromatic rings. The van der Waals surface area contributed by atoms with Gasteiger partial charge in [0.15, 0.2) is 0 Å². The maximum absolute atomic E-state index is 12.8. The molecule has 0 unspecified atom stereocenters. The monoisotopic (exact) mass is 510 g/mol. The Kier molecular flexibility index (Phi) is 6.38. The second kappa shape index (κ2) is 9.09. The summed E-state index contributed by atoms with van der Waals surface area (Å²) in [6.45, 7) is 0. The zero-order valence-electron chi connectivity index (χ0n) is 16.3. The number of aromatic nitrogens is 2. The van der Waals surface area contributed by atoms with Gasteiger partial charge in [-0.15, -0.1) is 0 Å². The lowest BCUT2D eigenvalue weighted by Gasteiger charge is -2.10. The molecule has 0 radical (unpaired) electrons. The van der Waals surface area contributed by atoms with Crippen molar-refractivity contribution in [2.75, 3.05) is 0 Å². The second-order valence-electron chi connectivity index (χ2n) is 6.62. The van der Waals surface area contributed by atoms with Gasteiger partial charge in [0.1, 0.15) is 0 Å². The molecular formula is C22H11Cl2F3N2O3S. The van der Waals surface area contributed by atoms with E-state index in [1.54, 1.807) is 36.4 Å². The molecule has 0 aliphatic heterocycles. The van der Waals surface area contributed by atoms with E-state index in [0.717, 1.165) is 28.5 Å². The highest BCUT2D eigenvalue weighted by molar-refractivity contribution is 7.99. The van der Waals surface area contributed by atoms with Crippen molar-refractivity contribution < 1.29 is 17.6 Å². The number of halogens is 5. The van der Waals surface area contributed by atoms with Crippen LogP contribution >= 0.6 is 35.0 Å². The van der Waals surface area contributed by atoms with Crippen LogP contribution < -0.4 is 11.4 Å². The molecule has 1 heterocycles. The van der Waals surface area contributed by atoms with E-state index >= 15 is 0 Å². The molecular weight excluding hydrogens is 500 g/mol. The van der Waals surface area contributed by atoms with Crippen LogP contribution in [0.4, 0.5) is 13.2 Å². The Labute approximate surface area is 198 Å². The fraction of sp³-hybridized carbons (Fsp3) is 0.0455. The number of hydrogen-bond acceptors (Lipinski definition) is 5. The molecule has 168 valence electrons. The zero-order valence-corrected chi connectivity index (χ0v) is 18.6. The van der Waals surface area contributed by atoms with Crippen LogP contribution in [-0.4, -0.2) is 9.55 Å². The molecule has 0 bridgehead atoms. The predicted molar refractivity (Wildman–Crippen MR) is 119 cm³/mol. The van der Waals surface area contributed by atoms with Crippen molar-refractivity contribution in [3.63, 3.8) is 0 Å². The number of benzene rings is 3. The Morgan fingerprint density at radius 1 is 0.909 bits per heavy atom. The standard InChI is InChI=1S/C22H11Cl2F3N2O3S/c23-16-4-2-1-3-15(16)19-28-20(30)29(21(31)32-19)13-6-8-14(9-7-13)33-18-10-5-12(11-17(18)24)22(25,26)27/h1-11H. The van der Waals surface area contributed by atoms with Gasteiger partial charge in [-0.05, 0) is 54.6 Å². The van der Waals surface area contributed by atoms with Crippen LogP contribution in [0.1, 0.15) is 5.56 Å². The molecule has 4 rings (SSSR count). The van der Waals surface area contributed by atoms with Crippen molar-refractivity contribution >= 4 is 35.0 Å². The average Bonchev–Trinajstić information content (AvgIpc) is 2.75. The molecule has 0 fully saturated rings. The molecule has 11 heteroatoms. The van der Waals surface area contributed by atoms with Crippen LogP contribution in [-0.2, 0) is 6.18 Å². The minimum Gasteiger partial charge on any atom is -0.390 e. The third-order valence-electron chi connectivity index (χ3n) is 4.44. The number of hydrogen-bond donors (Lipinski definition) is 0. The third-order valence-corrected chi connectivity index (χ3v) is 6.28. The predicted octanol–water partition coefficient (Wildman–Crippen LogP) is 6.33. The van der Waals surface area contributed by atoms with Crippen LogP contribution in [0.25, 0.3) is 17.1 Å². The highest BCUT2D eigenvalue weighted by atomic mass is 35.5. The van der Waals surface area contributed by atoms with Crippen LogP contribution in [0.3, 0.4) is 0 Å². The minimum atomic E-state index is -4.49. The van der Waals surface area contributed by atoms with Crippen LogP contribution in [0.15, 0.2) is 90.5 Å². The summed E-state index contributed by atoms with van der Waals surface area (Å²) in [5.74, 6) is -1.15. The van der Waals surface area contributed by atoms with E-state index in [9.17, 15) is 22.8 Å². The van der Waals surface area contributed by atoms with Crippen LogP contribution in [0.2, 0.25) is 10.0 Å². The molecule has 0 aliphatic rings. The van der Waals surface area contributed by atoms with Crippen molar-refractivity contribution in [3.8, 4) is 17.1 Å². The molecule has 0 amide bonds. The summed E-state index contributed by atoms with van der Waals surface area (Å²) in [6, 6.07) is 15.7. The largest absolute Gasteiger partial charge is 0.429 e. The van der Waals surface area contributed by atoms with Crippen molar-refractivity contribution in [2.45, 2.75) is 16.0 Å². The van der Waals surface area contributed by atoms with E-state index < -0.39 is 23.2 Å². The van der Waals surface area contributed by atoms with Crippen molar-refractivity contribution in [3.05, 3.63) is 103 Å². The molecule has 0 N–H and O–H groups in total. The van der Waals surface area contributed by atoms with Gasteiger partial charge in [0, 0.05) is 9.79 Å². The van der Waals surface area contributed by atoms with Crippen molar-refractivity contribution in [2.24, 2.45) is 0 Å². The zero-order chi connectivity index (χ0) is 23.8. The summed E-state index contributed by atoms with van der Waals surface area (Å²) in [7, 11) is 0. The lowest BCUT2D eigenvalue weighted by molar-refractivity contribution is -0.137. The van der Waals surface area contributed by atoms with E-state index in [1.807, 2.05) is 0 Å². The minimum absolute atomic E-state index is 0.0462. The molecule has 0 saturated heterocycles. The third kappa shape index (κ3) is 5.00. The van der Waals surface area contributed by atoms with Crippen molar-refractivity contribution in [1.29, 1.82) is 0 Å². The highest BCUT2D eigenvalue weighted by Crippen LogP contribution is 2.38. The van der Waals surface area contributed by atoms with E-state index in [-0.39, 0.29) is 21.6 Å². The molecule has 1 aromatic heterocycles. The summed E-state index contributed by atoms with van der Waals surface area (Å²) in [5.41, 5.74) is -1.19. The first-order chi connectivity index (χ1) is 15.6. The molecule has 0 saturated carbocycles. The van der Waals surface area contributed by atoms with E-state index in [2.05, 4.69) is 4.98 Å².